The van der Waals surface area contributed by atoms with Crippen molar-refractivity contribution in [3.63, 3.8) is 0 Å². The standard InChI is InChI=1S/C25H32N2O6/c1-30-12-6-11-26-24(28)22-16-27(25(29)17-7-5-8-18(13-17)31-2)15-21(22)20-14-19(32-3)9-10-23(20)33-4/h5,7-10,13-14,21-22H,6,11-12,15-16H2,1-4H3,(H,26,28)/t21-,22-/m1/s1. The number of hydrogen-bond donors (Lipinski definition) is 1. The Bertz CT molecular complexity index is 964. The Hall–Kier alpha value is -3.26. The van der Waals surface area contributed by atoms with Gasteiger partial charge in [-0.15, -0.1) is 0 Å². The maximum Gasteiger partial charge on any atom is 0.254 e. The molecule has 8 nitrogen and oxygen atoms in total. The van der Waals surface area contributed by atoms with Crippen LogP contribution in [0, 0.1) is 5.92 Å². The van der Waals surface area contributed by atoms with E-state index in [1.54, 1.807) is 57.6 Å². The van der Waals surface area contributed by atoms with Crippen molar-refractivity contribution in [1.29, 1.82) is 0 Å². The number of rotatable bonds is 10. The van der Waals surface area contributed by atoms with Crippen LogP contribution in [0.4, 0.5) is 0 Å². The van der Waals surface area contributed by atoms with Crippen molar-refractivity contribution in [1.82, 2.24) is 10.2 Å². The molecule has 0 spiro atoms. The molecule has 2 atom stereocenters. The maximum atomic E-state index is 13.3. The van der Waals surface area contributed by atoms with E-state index >= 15 is 0 Å². The van der Waals surface area contributed by atoms with Crippen molar-refractivity contribution in [2.24, 2.45) is 5.92 Å². The van der Waals surface area contributed by atoms with Gasteiger partial charge in [0.2, 0.25) is 5.91 Å². The summed E-state index contributed by atoms with van der Waals surface area (Å²) in [5, 5.41) is 2.99. The van der Waals surface area contributed by atoms with Crippen LogP contribution in [0.2, 0.25) is 0 Å². The van der Waals surface area contributed by atoms with Crippen LogP contribution in [-0.2, 0) is 9.53 Å². The van der Waals surface area contributed by atoms with Crippen molar-refractivity contribution in [2.45, 2.75) is 12.3 Å². The van der Waals surface area contributed by atoms with Crippen LogP contribution in [0.3, 0.4) is 0 Å². The summed E-state index contributed by atoms with van der Waals surface area (Å²) in [6.45, 7) is 1.76. The predicted octanol–water partition coefficient (Wildman–Crippen LogP) is 2.72. The molecule has 0 aliphatic carbocycles. The summed E-state index contributed by atoms with van der Waals surface area (Å²) in [5.41, 5.74) is 1.36. The molecule has 0 bridgehead atoms. The van der Waals surface area contributed by atoms with Crippen LogP contribution in [-0.4, -0.2) is 71.4 Å². The average Bonchev–Trinajstić information content (AvgIpc) is 3.31. The molecule has 0 radical (unpaired) electrons. The van der Waals surface area contributed by atoms with E-state index in [0.717, 1.165) is 5.56 Å². The highest BCUT2D eigenvalue weighted by molar-refractivity contribution is 5.95. The zero-order valence-electron chi connectivity index (χ0n) is 19.6. The van der Waals surface area contributed by atoms with Gasteiger partial charge in [-0.25, -0.2) is 0 Å². The molecule has 1 aliphatic heterocycles. The molecule has 1 aliphatic rings. The third kappa shape index (κ3) is 5.76. The Morgan fingerprint density at radius 2 is 1.73 bits per heavy atom. The van der Waals surface area contributed by atoms with Crippen LogP contribution < -0.4 is 19.5 Å². The summed E-state index contributed by atoms with van der Waals surface area (Å²) in [5.74, 6) is 1.03. The lowest BCUT2D eigenvalue weighted by Gasteiger charge is -2.21. The second-order valence-corrected chi connectivity index (χ2v) is 7.90. The summed E-state index contributed by atoms with van der Waals surface area (Å²) >= 11 is 0. The minimum Gasteiger partial charge on any atom is -0.497 e. The van der Waals surface area contributed by atoms with Gasteiger partial charge < -0.3 is 29.2 Å². The fraction of sp³-hybridized carbons (Fsp3) is 0.440. The second-order valence-electron chi connectivity index (χ2n) is 7.90. The molecule has 1 heterocycles. The topological polar surface area (TPSA) is 86.3 Å². The van der Waals surface area contributed by atoms with Gasteiger partial charge in [-0.3, -0.25) is 9.59 Å². The number of ether oxygens (including phenoxy) is 4. The van der Waals surface area contributed by atoms with E-state index in [1.807, 2.05) is 18.2 Å². The van der Waals surface area contributed by atoms with Crippen LogP contribution in [0.5, 0.6) is 17.2 Å². The van der Waals surface area contributed by atoms with Crippen molar-refractivity contribution < 1.29 is 28.5 Å². The summed E-state index contributed by atoms with van der Waals surface area (Å²) in [6, 6.07) is 12.6. The first-order valence-electron chi connectivity index (χ1n) is 10.9. The van der Waals surface area contributed by atoms with Gasteiger partial charge >= 0.3 is 0 Å². The van der Waals surface area contributed by atoms with E-state index in [1.165, 1.54) is 0 Å². The van der Waals surface area contributed by atoms with E-state index in [-0.39, 0.29) is 17.7 Å². The minimum atomic E-state index is -0.428. The molecule has 1 saturated heterocycles. The fourth-order valence-electron chi connectivity index (χ4n) is 4.18. The SMILES string of the molecule is COCCCNC(=O)[C@@H]1CN(C(=O)c2cccc(OC)c2)C[C@@H]1c1cc(OC)ccc1OC. The molecule has 178 valence electrons. The molecule has 2 amide bonds. The van der Waals surface area contributed by atoms with E-state index < -0.39 is 5.92 Å². The lowest BCUT2D eigenvalue weighted by Crippen LogP contribution is -2.36. The van der Waals surface area contributed by atoms with E-state index in [9.17, 15) is 9.59 Å². The van der Waals surface area contributed by atoms with Crippen LogP contribution >= 0.6 is 0 Å². The van der Waals surface area contributed by atoms with E-state index in [4.69, 9.17) is 18.9 Å². The van der Waals surface area contributed by atoms with Crippen molar-refractivity contribution in [3.05, 3.63) is 53.6 Å². The number of amides is 2. The number of nitrogens with one attached hydrogen (secondary N) is 1. The number of nitrogens with zero attached hydrogens (tertiary/aromatic N) is 1. The van der Waals surface area contributed by atoms with Gasteiger partial charge in [-0.1, -0.05) is 6.07 Å². The Morgan fingerprint density at radius 3 is 2.42 bits per heavy atom. The molecule has 2 aromatic rings. The lowest BCUT2D eigenvalue weighted by atomic mass is 9.87. The van der Waals surface area contributed by atoms with Gasteiger partial charge in [-0.05, 0) is 42.8 Å². The number of carbonyl (C=O) groups excluding carboxylic acids is 2. The monoisotopic (exact) mass is 456 g/mol. The fourth-order valence-corrected chi connectivity index (χ4v) is 4.18. The third-order valence-electron chi connectivity index (χ3n) is 5.92. The summed E-state index contributed by atoms with van der Waals surface area (Å²) in [6.07, 6.45) is 0.717. The number of likely N-dealkylation sites (tertiary alicyclic amines) is 1. The van der Waals surface area contributed by atoms with Crippen molar-refractivity contribution >= 4 is 11.8 Å². The van der Waals surface area contributed by atoms with Gasteiger partial charge in [0, 0.05) is 50.4 Å². The van der Waals surface area contributed by atoms with Gasteiger partial charge in [0.15, 0.2) is 0 Å². The number of benzene rings is 2. The molecule has 33 heavy (non-hydrogen) atoms. The van der Waals surface area contributed by atoms with Crippen LogP contribution in [0.25, 0.3) is 0 Å². The van der Waals surface area contributed by atoms with Gasteiger partial charge in [-0.2, -0.15) is 0 Å². The maximum absolute atomic E-state index is 13.3. The first kappa shape index (κ1) is 24.4. The zero-order valence-corrected chi connectivity index (χ0v) is 19.6. The lowest BCUT2D eigenvalue weighted by molar-refractivity contribution is -0.125. The van der Waals surface area contributed by atoms with E-state index in [0.29, 0.717) is 55.5 Å². The summed E-state index contributed by atoms with van der Waals surface area (Å²) < 4.78 is 21.3. The molecule has 8 heteroatoms. The normalized spacial score (nSPS) is 17.5. The first-order chi connectivity index (χ1) is 16.0. The first-order valence-corrected chi connectivity index (χ1v) is 10.9. The molecule has 1 N–H and O–H groups in total. The molecular formula is C25H32N2O6. The highest BCUT2D eigenvalue weighted by Gasteiger charge is 2.42. The third-order valence-corrected chi connectivity index (χ3v) is 5.92. The van der Waals surface area contributed by atoms with Crippen molar-refractivity contribution in [2.75, 3.05) is 54.7 Å². The molecule has 0 unspecified atom stereocenters. The average molecular weight is 457 g/mol. The molecule has 1 fully saturated rings. The zero-order chi connectivity index (χ0) is 23.8. The highest BCUT2D eigenvalue weighted by atomic mass is 16.5. The molecule has 2 aromatic carbocycles. The quantitative estimate of drug-likeness (QED) is 0.554. The van der Waals surface area contributed by atoms with E-state index in [2.05, 4.69) is 5.32 Å². The highest BCUT2D eigenvalue weighted by Crippen LogP contribution is 2.40. The Labute approximate surface area is 194 Å². The molecular weight excluding hydrogens is 424 g/mol. The van der Waals surface area contributed by atoms with Gasteiger partial charge in [0.25, 0.3) is 5.91 Å². The Kier molecular flexibility index (Phi) is 8.54. The predicted molar refractivity (Wildman–Crippen MR) is 124 cm³/mol. The molecule has 0 saturated carbocycles. The smallest absolute Gasteiger partial charge is 0.254 e. The second kappa shape index (κ2) is 11.6. The van der Waals surface area contributed by atoms with Crippen LogP contribution in [0.15, 0.2) is 42.5 Å². The van der Waals surface area contributed by atoms with Crippen molar-refractivity contribution in [3.8, 4) is 17.2 Å². The van der Waals surface area contributed by atoms with Gasteiger partial charge in [0.05, 0.1) is 27.2 Å². The van der Waals surface area contributed by atoms with Gasteiger partial charge in [0.1, 0.15) is 17.2 Å². The largest absolute Gasteiger partial charge is 0.497 e. The summed E-state index contributed by atoms with van der Waals surface area (Å²) in [7, 11) is 6.39. The molecule has 3 rings (SSSR count). The minimum absolute atomic E-state index is 0.0954. The number of carbonyl (C=O) groups is 2. The number of hydrogen-bond acceptors (Lipinski definition) is 6. The Morgan fingerprint density at radius 1 is 0.970 bits per heavy atom. The van der Waals surface area contributed by atoms with Crippen LogP contribution in [0.1, 0.15) is 28.3 Å². The molecule has 0 aromatic heterocycles. The number of methoxy groups -OCH3 is 4. The Balaban J connectivity index is 1.89. The summed E-state index contributed by atoms with van der Waals surface area (Å²) in [4.78, 5) is 28.2.